The van der Waals surface area contributed by atoms with E-state index in [1.165, 1.54) is 18.4 Å². The highest BCUT2D eigenvalue weighted by atomic mass is 16.6. The summed E-state index contributed by atoms with van der Waals surface area (Å²) in [5.74, 6) is 0.779. The van der Waals surface area contributed by atoms with Gasteiger partial charge in [0.05, 0.1) is 13.6 Å². The Morgan fingerprint density at radius 3 is 2.79 bits per heavy atom. The fraction of sp³-hybridized carbons (Fsp3) is 0.625. The summed E-state index contributed by atoms with van der Waals surface area (Å²) >= 11 is 0. The number of carbonyl (C=O) groups is 1. The predicted molar refractivity (Wildman–Crippen MR) is 110 cm³/mol. The van der Waals surface area contributed by atoms with E-state index in [0.717, 1.165) is 29.7 Å². The Kier molecular flexibility index (Phi) is 5.47. The normalized spacial score (nSPS) is 36.1. The predicted octanol–water partition coefficient (Wildman–Crippen LogP) is 2.25. The molecule has 3 fully saturated rings. The molecule has 1 aromatic rings. The lowest BCUT2D eigenvalue weighted by Crippen LogP contribution is -3.10. The maximum absolute atomic E-state index is 12.7. The first-order valence-corrected chi connectivity index (χ1v) is 10.9. The maximum Gasteiger partial charge on any atom is 0.315 e. The topological polar surface area (TPSA) is 71.2 Å². The van der Waals surface area contributed by atoms with Crippen LogP contribution >= 0.6 is 0 Å². The fourth-order valence-electron chi connectivity index (χ4n) is 6.09. The molecule has 1 aliphatic heterocycles. The van der Waals surface area contributed by atoms with Gasteiger partial charge >= 0.3 is 5.97 Å². The Labute approximate surface area is 173 Å². The molecule has 7 atom stereocenters. The molecule has 0 bridgehead atoms. The summed E-state index contributed by atoms with van der Waals surface area (Å²) < 4.78 is 5.86. The number of rotatable bonds is 5. The molecule has 5 nitrogen and oxygen atoms in total. The van der Waals surface area contributed by atoms with Crippen LogP contribution in [-0.4, -0.2) is 42.4 Å². The second kappa shape index (κ2) is 7.77. The molecular weight excluding hydrogens is 366 g/mol. The molecule has 2 aliphatic carbocycles. The van der Waals surface area contributed by atoms with Crippen LogP contribution in [0.2, 0.25) is 0 Å². The van der Waals surface area contributed by atoms with Crippen LogP contribution in [0, 0.1) is 23.2 Å². The minimum Gasteiger partial charge on any atom is -0.508 e. The van der Waals surface area contributed by atoms with E-state index >= 15 is 0 Å². The molecule has 4 rings (SSSR count). The van der Waals surface area contributed by atoms with E-state index in [-0.39, 0.29) is 35.1 Å². The van der Waals surface area contributed by atoms with Crippen molar-refractivity contribution in [2.45, 2.75) is 51.2 Å². The summed E-state index contributed by atoms with van der Waals surface area (Å²) in [6.45, 7) is 7.90. The van der Waals surface area contributed by atoms with Gasteiger partial charge in [0.25, 0.3) is 0 Å². The SMILES string of the molecule is C=C1CCC[C@@]2(C)C[C@H]3OC(=O)[C@@H](C[NH+](C)C[C@@H](O)c4ccc(O)cc4)[C@@H]3C[C@H]12. The van der Waals surface area contributed by atoms with E-state index in [1.54, 1.807) is 24.3 Å². The van der Waals surface area contributed by atoms with Gasteiger partial charge in [-0.2, -0.15) is 0 Å². The molecule has 0 amide bonds. The standard InChI is InChI=1S/C24H33NO4/c1-15-5-4-10-24(2)12-22-18(11-20(15)24)19(23(28)29-22)13-25(3)14-21(27)16-6-8-17(26)9-7-16/h6-9,18-22,26-27H,1,4-5,10-14H2,2-3H3/p+1/t18-,19-,20+,21+,22+,24-/m0/s1. The minimum absolute atomic E-state index is 0.0365. The molecule has 3 N–H and O–H groups in total. The van der Waals surface area contributed by atoms with Crippen LogP contribution in [0.5, 0.6) is 5.75 Å². The molecule has 1 heterocycles. The summed E-state index contributed by atoms with van der Waals surface area (Å²) in [7, 11) is 2.02. The summed E-state index contributed by atoms with van der Waals surface area (Å²) in [5, 5.41) is 20.0. The van der Waals surface area contributed by atoms with Crippen LogP contribution < -0.4 is 4.90 Å². The number of aromatic hydroxyl groups is 1. The lowest BCUT2D eigenvalue weighted by molar-refractivity contribution is -0.886. The zero-order valence-electron chi connectivity index (χ0n) is 17.6. The summed E-state index contributed by atoms with van der Waals surface area (Å²) in [6.07, 6.45) is 4.88. The number of esters is 1. The summed E-state index contributed by atoms with van der Waals surface area (Å²) in [6, 6.07) is 6.65. The first kappa shape index (κ1) is 20.4. The number of phenolic OH excluding ortho intramolecular Hbond substituents is 1. The number of likely N-dealkylation sites (N-methyl/N-ethyl adjacent to an activating group) is 1. The average molecular weight is 401 g/mol. The first-order valence-electron chi connectivity index (χ1n) is 10.9. The molecule has 3 aliphatic rings. The number of nitrogens with one attached hydrogen (secondary N) is 1. The highest BCUT2D eigenvalue weighted by molar-refractivity contribution is 5.75. The number of aliphatic hydroxyl groups is 1. The molecule has 5 heteroatoms. The summed E-state index contributed by atoms with van der Waals surface area (Å²) in [4.78, 5) is 13.8. The number of fused-ring (bicyclic) bond motifs is 2. The van der Waals surface area contributed by atoms with Gasteiger partial charge in [0.2, 0.25) is 0 Å². The number of hydrogen-bond donors (Lipinski definition) is 3. The second-order valence-electron chi connectivity index (χ2n) is 9.88. The summed E-state index contributed by atoms with van der Waals surface area (Å²) in [5.41, 5.74) is 2.36. The van der Waals surface area contributed by atoms with Gasteiger partial charge in [-0.3, -0.25) is 4.79 Å². The van der Waals surface area contributed by atoms with Gasteiger partial charge in [-0.1, -0.05) is 31.2 Å². The van der Waals surface area contributed by atoms with E-state index < -0.39 is 6.10 Å². The number of carbonyl (C=O) groups excluding carboxylic acids is 1. The minimum atomic E-state index is -0.628. The van der Waals surface area contributed by atoms with Crippen molar-refractivity contribution in [3.05, 3.63) is 42.0 Å². The van der Waals surface area contributed by atoms with E-state index in [9.17, 15) is 15.0 Å². The van der Waals surface area contributed by atoms with Crippen molar-refractivity contribution < 1.29 is 24.6 Å². The zero-order valence-corrected chi connectivity index (χ0v) is 17.6. The third kappa shape index (κ3) is 3.95. The monoisotopic (exact) mass is 400 g/mol. The van der Waals surface area contributed by atoms with Crippen LogP contribution in [0.1, 0.15) is 50.7 Å². The molecular formula is C24H34NO4+. The highest BCUT2D eigenvalue weighted by Gasteiger charge is 2.55. The lowest BCUT2D eigenvalue weighted by atomic mass is 9.55. The largest absolute Gasteiger partial charge is 0.508 e. The van der Waals surface area contributed by atoms with Crippen LogP contribution in [-0.2, 0) is 9.53 Å². The van der Waals surface area contributed by atoms with E-state index in [0.29, 0.717) is 19.0 Å². The van der Waals surface area contributed by atoms with Crippen LogP contribution in [0.4, 0.5) is 0 Å². The number of hydrogen-bond acceptors (Lipinski definition) is 4. The Morgan fingerprint density at radius 2 is 2.07 bits per heavy atom. The van der Waals surface area contributed by atoms with E-state index in [2.05, 4.69) is 13.5 Å². The third-order valence-corrected chi connectivity index (χ3v) is 7.71. The zero-order chi connectivity index (χ0) is 20.8. The van der Waals surface area contributed by atoms with Crippen molar-refractivity contribution in [2.24, 2.45) is 23.2 Å². The number of phenols is 1. The van der Waals surface area contributed by atoms with Gasteiger partial charge in [0, 0.05) is 5.92 Å². The van der Waals surface area contributed by atoms with Gasteiger partial charge in [-0.25, -0.2) is 0 Å². The molecule has 2 saturated carbocycles. The van der Waals surface area contributed by atoms with Gasteiger partial charge in [0.15, 0.2) is 0 Å². The number of aliphatic hydroxyl groups excluding tert-OH is 1. The Morgan fingerprint density at radius 1 is 1.34 bits per heavy atom. The molecule has 29 heavy (non-hydrogen) atoms. The molecule has 0 spiro atoms. The smallest absolute Gasteiger partial charge is 0.315 e. The Bertz CT molecular complexity index is 776. The maximum atomic E-state index is 12.7. The molecule has 158 valence electrons. The second-order valence-corrected chi connectivity index (χ2v) is 9.88. The highest BCUT2D eigenvalue weighted by Crippen LogP contribution is 2.56. The Balaban J connectivity index is 1.41. The van der Waals surface area contributed by atoms with Gasteiger partial charge in [-0.05, 0) is 61.1 Å². The van der Waals surface area contributed by atoms with Crippen LogP contribution in [0.15, 0.2) is 36.4 Å². The molecule has 0 radical (unpaired) electrons. The number of quaternary nitrogens is 1. The average Bonchev–Trinajstić information content (AvgIpc) is 2.94. The number of ether oxygens (including phenoxy) is 1. The number of allylic oxidation sites excluding steroid dienone is 1. The Hall–Kier alpha value is -1.85. The number of benzene rings is 1. The van der Waals surface area contributed by atoms with E-state index in [4.69, 9.17) is 4.74 Å². The fourth-order valence-corrected chi connectivity index (χ4v) is 6.09. The van der Waals surface area contributed by atoms with Crippen LogP contribution in [0.25, 0.3) is 0 Å². The van der Waals surface area contributed by atoms with Gasteiger partial charge in [-0.15, -0.1) is 0 Å². The van der Waals surface area contributed by atoms with Crippen molar-refractivity contribution in [2.75, 3.05) is 20.1 Å². The van der Waals surface area contributed by atoms with Crippen molar-refractivity contribution >= 4 is 5.97 Å². The van der Waals surface area contributed by atoms with Crippen molar-refractivity contribution in [1.29, 1.82) is 0 Å². The van der Waals surface area contributed by atoms with Crippen LogP contribution in [0.3, 0.4) is 0 Å². The molecule has 1 aromatic carbocycles. The molecule has 1 saturated heterocycles. The van der Waals surface area contributed by atoms with Gasteiger partial charge in [0.1, 0.15) is 30.4 Å². The third-order valence-electron chi connectivity index (χ3n) is 7.71. The quantitative estimate of drug-likeness (QED) is 0.524. The van der Waals surface area contributed by atoms with Crippen molar-refractivity contribution in [3.8, 4) is 5.75 Å². The van der Waals surface area contributed by atoms with Gasteiger partial charge < -0.3 is 19.8 Å². The van der Waals surface area contributed by atoms with Crippen molar-refractivity contribution in [1.82, 2.24) is 0 Å². The molecule has 1 unspecified atom stereocenters. The van der Waals surface area contributed by atoms with E-state index in [1.807, 2.05) is 7.05 Å². The van der Waals surface area contributed by atoms with Crippen molar-refractivity contribution in [3.63, 3.8) is 0 Å². The first-order chi connectivity index (χ1) is 13.8. The lowest BCUT2D eigenvalue weighted by Gasteiger charge is -2.50. The molecule has 0 aromatic heterocycles.